The Morgan fingerprint density at radius 2 is 1.10 bits per heavy atom. The van der Waals surface area contributed by atoms with Gasteiger partial charge in [-0.25, -0.2) is 4.98 Å². The maximum atomic E-state index is 6.58. The second-order valence-electron chi connectivity index (χ2n) is 12.7. The summed E-state index contributed by atoms with van der Waals surface area (Å²) in [6.07, 6.45) is 0. The van der Waals surface area contributed by atoms with Crippen molar-refractivity contribution in [1.82, 2.24) is 4.98 Å². The summed E-state index contributed by atoms with van der Waals surface area (Å²) in [5, 5.41) is 4.85. The Morgan fingerprint density at radius 1 is 0.451 bits per heavy atom. The number of benzene rings is 8. The van der Waals surface area contributed by atoms with Gasteiger partial charge in [0.05, 0.1) is 5.69 Å². The average molecular weight is 671 g/mol. The van der Waals surface area contributed by atoms with E-state index < -0.39 is 0 Å². The fraction of sp³-hybridized carbons (Fsp3) is 0. The van der Waals surface area contributed by atoms with Gasteiger partial charge in [0.1, 0.15) is 5.52 Å². The summed E-state index contributed by atoms with van der Waals surface area (Å²) >= 11 is 1.84. The fourth-order valence-corrected chi connectivity index (χ4v) is 8.39. The van der Waals surface area contributed by atoms with Gasteiger partial charge in [0, 0.05) is 48.2 Å². The molecule has 240 valence electrons. The van der Waals surface area contributed by atoms with E-state index in [-0.39, 0.29) is 0 Å². The Labute approximate surface area is 299 Å². The molecule has 0 fully saturated rings. The lowest BCUT2D eigenvalue weighted by Crippen LogP contribution is -2.11. The lowest BCUT2D eigenvalue weighted by atomic mass is 10.0. The molecule has 4 heteroatoms. The van der Waals surface area contributed by atoms with Crippen molar-refractivity contribution in [2.24, 2.45) is 0 Å². The van der Waals surface area contributed by atoms with Crippen LogP contribution >= 0.6 is 11.3 Å². The van der Waals surface area contributed by atoms with Crippen molar-refractivity contribution < 1.29 is 4.42 Å². The number of hydrogen-bond donors (Lipinski definition) is 0. The van der Waals surface area contributed by atoms with Crippen LogP contribution in [0.2, 0.25) is 0 Å². The van der Waals surface area contributed by atoms with E-state index >= 15 is 0 Å². The third kappa shape index (κ3) is 5.08. The standard InChI is InChI=1S/C47H30N2OS/c1-2-12-32(13-3-1)37-17-6-8-22-43(37)49(35-28-29-45-41(30-35)39-18-7-9-23-44(39)51-45)34-26-24-33(25-27-34)38-19-11-21-42-46(38)50-47(48-42)40-20-10-15-31-14-4-5-16-36(31)40/h1-30H. The van der Waals surface area contributed by atoms with E-state index in [2.05, 4.69) is 181 Å². The molecule has 0 saturated heterocycles. The van der Waals surface area contributed by atoms with Crippen LogP contribution in [-0.4, -0.2) is 4.98 Å². The Kier molecular flexibility index (Phi) is 7.00. The van der Waals surface area contributed by atoms with Gasteiger partial charge in [0.25, 0.3) is 0 Å². The summed E-state index contributed by atoms with van der Waals surface area (Å²) in [5.74, 6) is 0.630. The third-order valence-electron chi connectivity index (χ3n) is 9.72. The Hall–Kier alpha value is -6.49. The van der Waals surface area contributed by atoms with Crippen molar-refractivity contribution in [3.8, 4) is 33.7 Å². The molecular formula is C47H30N2OS. The lowest BCUT2D eigenvalue weighted by Gasteiger charge is -2.28. The molecule has 0 aliphatic carbocycles. The summed E-state index contributed by atoms with van der Waals surface area (Å²) in [4.78, 5) is 7.33. The van der Waals surface area contributed by atoms with E-state index in [1.54, 1.807) is 0 Å². The molecule has 0 unspecified atom stereocenters. The number of nitrogens with zero attached hydrogens (tertiary/aromatic N) is 2. The number of fused-ring (bicyclic) bond motifs is 5. The maximum absolute atomic E-state index is 6.58. The molecular weight excluding hydrogens is 641 g/mol. The van der Waals surface area contributed by atoms with Crippen LogP contribution < -0.4 is 4.90 Å². The molecule has 10 rings (SSSR count). The first-order chi connectivity index (χ1) is 25.3. The van der Waals surface area contributed by atoms with Gasteiger partial charge in [-0.3, -0.25) is 0 Å². The minimum Gasteiger partial charge on any atom is -0.435 e. The monoisotopic (exact) mass is 670 g/mol. The van der Waals surface area contributed by atoms with Gasteiger partial charge in [-0.2, -0.15) is 0 Å². The van der Waals surface area contributed by atoms with Crippen LogP contribution in [0.4, 0.5) is 17.1 Å². The van der Waals surface area contributed by atoms with Gasteiger partial charge in [0.2, 0.25) is 5.89 Å². The predicted molar refractivity (Wildman–Crippen MR) is 215 cm³/mol. The quantitative estimate of drug-likeness (QED) is 0.176. The number of rotatable bonds is 6. The van der Waals surface area contributed by atoms with Gasteiger partial charge >= 0.3 is 0 Å². The molecule has 3 nitrogen and oxygen atoms in total. The van der Waals surface area contributed by atoms with Gasteiger partial charge in [-0.1, -0.05) is 127 Å². The summed E-state index contributed by atoms with van der Waals surface area (Å²) in [5.41, 5.74) is 10.4. The zero-order valence-corrected chi connectivity index (χ0v) is 28.3. The molecule has 51 heavy (non-hydrogen) atoms. The molecule has 2 aromatic heterocycles. The van der Waals surface area contributed by atoms with Crippen molar-refractivity contribution in [1.29, 1.82) is 0 Å². The number of thiophene rings is 1. The maximum Gasteiger partial charge on any atom is 0.227 e. The van der Waals surface area contributed by atoms with Gasteiger partial charge < -0.3 is 9.32 Å². The van der Waals surface area contributed by atoms with Crippen LogP contribution in [0.5, 0.6) is 0 Å². The summed E-state index contributed by atoms with van der Waals surface area (Å²) in [7, 11) is 0. The minimum atomic E-state index is 0.630. The molecule has 0 saturated carbocycles. The Balaban J connectivity index is 1.11. The average Bonchev–Trinajstić information content (AvgIpc) is 3.80. The summed E-state index contributed by atoms with van der Waals surface area (Å²) in [6, 6.07) is 64.5. The molecule has 0 bridgehead atoms. The molecule has 8 aromatic carbocycles. The summed E-state index contributed by atoms with van der Waals surface area (Å²) in [6.45, 7) is 0. The highest BCUT2D eigenvalue weighted by Crippen LogP contribution is 2.44. The Bertz CT molecular complexity index is 2860. The molecule has 2 heterocycles. The van der Waals surface area contributed by atoms with Crippen LogP contribution in [0.25, 0.3) is 75.8 Å². The molecule has 0 radical (unpaired) electrons. The lowest BCUT2D eigenvalue weighted by molar-refractivity contribution is 0.621. The summed E-state index contributed by atoms with van der Waals surface area (Å²) < 4.78 is 9.16. The molecule has 0 N–H and O–H groups in total. The van der Waals surface area contributed by atoms with E-state index in [9.17, 15) is 0 Å². The highest BCUT2D eigenvalue weighted by atomic mass is 32.1. The van der Waals surface area contributed by atoms with Crippen LogP contribution in [0.3, 0.4) is 0 Å². The van der Waals surface area contributed by atoms with E-state index in [0.29, 0.717) is 5.89 Å². The molecule has 0 aliphatic rings. The number of para-hydroxylation sites is 2. The van der Waals surface area contributed by atoms with Crippen LogP contribution in [0.15, 0.2) is 186 Å². The van der Waals surface area contributed by atoms with Crippen molar-refractivity contribution in [2.75, 3.05) is 4.90 Å². The topological polar surface area (TPSA) is 29.3 Å². The first kappa shape index (κ1) is 29.4. The molecule has 0 spiro atoms. The predicted octanol–water partition coefficient (Wildman–Crippen LogP) is 13.8. The Morgan fingerprint density at radius 3 is 2.00 bits per heavy atom. The highest BCUT2D eigenvalue weighted by Gasteiger charge is 2.20. The van der Waals surface area contributed by atoms with Crippen molar-refractivity contribution in [2.45, 2.75) is 0 Å². The van der Waals surface area contributed by atoms with Crippen LogP contribution in [0, 0.1) is 0 Å². The molecule has 10 aromatic rings. The number of aromatic nitrogens is 1. The molecule has 0 amide bonds. The van der Waals surface area contributed by atoms with Gasteiger partial charge in [-0.15, -0.1) is 11.3 Å². The third-order valence-corrected chi connectivity index (χ3v) is 10.9. The normalized spacial score (nSPS) is 11.5. The molecule has 0 atom stereocenters. The second-order valence-corrected chi connectivity index (χ2v) is 13.8. The van der Waals surface area contributed by atoms with Crippen LogP contribution in [-0.2, 0) is 0 Å². The van der Waals surface area contributed by atoms with E-state index in [1.807, 2.05) is 17.4 Å². The zero-order chi connectivity index (χ0) is 33.7. The first-order valence-electron chi connectivity index (χ1n) is 17.1. The van der Waals surface area contributed by atoms with Crippen LogP contribution in [0.1, 0.15) is 0 Å². The highest BCUT2D eigenvalue weighted by molar-refractivity contribution is 7.25. The van der Waals surface area contributed by atoms with Crippen molar-refractivity contribution >= 4 is 70.4 Å². The van der Waals surface area contributed by atoms with Gasteiger partial charge in [0.15, 0.2) is 5.58 Å². The largest absolute Gasteiger partial charge is 0.435 e. The molecule has 0 aliphatic heterocycles. The number of oxazole rings is 1. The van der Waals surface area contributed by atoms with Crippen molar-refractivity contribution in [3.05, 3.63) is 182 Å². The minimum absolute atomic E-state index is 0.630. The fourth-order valence-electron chi connectivity index (χ4n) is 7.30. The van der Waals surface area contributed by atoms with E-state index in [1.165, 1.54) is 31.3 Å². The zero-order valence-electron chi connectivity index (χ0n) is 27.5. The first-order valence-corrected chi connectivity index (χ1v) is 17.9. The van der Waals surface area contributed by atoms with E-state index in [4.69, 9.17) is 9.40 Å². The van der Waals surface area contributed by atoms with Crippen molar-refractivity contribution in [3.63, 3.8) is 0 Å². The second kappa shape index (κ2) is 12.1. The SMILES string of the molecule is c1ccc(-c2ccccc2N(c2ccc(-c3cccc4nc(-c5cccc6ccccc56)oc34)cc2)c2ccc3sc4ccccc4c3c2)cc1. The smallest absolute Gasteiger partial charge is 0.227 e. The number of hydrogen-bond acceptors (Lipinski definition) is 4. The van der Waals surface area contributed by atoms with Gasteiger partial charge in [-0.05, 0) is 76.5 Å². The number of anilines is 3. The van der Waals surface area contributed by atoms with E-state index in [0.717, 1.165) is 55.6 Å².